The summed E-state index contributed by atoms with van der Waals surface area (Å²) >= 11 is 0. The zero-order chi connectivity index (χ0) is 17.3. The Morgan fingerprint density at radius 2 is 1.73 bits per heavy atom. The van der Waals surface area contributed by atoms with Crippen LogP contribution in [0.5, 0.6) is 0 Å². The highest BCUT2D eigenvalue weighted by Crippen LogP contribution is 2.23. The maximum absolute atomic E-state index is 12.0. The van der Waals surface area contributed by atoms with Crippen molar-refractivity contribution in [2.75, 3.05) is 0 Å². The molecule has 3 atom stereocenters. The molecule has 0 aromatic carbocycles. The van der Waals surface area contributed by atoms with Gasteiger partial charge in [-0.25, -0.2) is 0 Å². The van der Waals surface area contributed by atoms with Crippen LogP contribution in [0.25, 0.3) is 0 Å². The summed E-state index contributed by atoms with van der Waals surface area (Å²) in [6.45, 7) is 5.81. The molecule has 0 heterocycles. The summed E-state index contributed by atoms with van der Waals surface area (Å²) < 4.78 is 36.6. The molecule has 0 aromatic heterocycles. The van der Waals surface area contributed by atoms with Gasteiger partial charge in [0.05, 0.1) is 6.42 Å². The summed E-state index contributed by atoms with van der Waals surface area (Å²) in [4.78, 5) is 22.6. The molecule has 22 heavy (non-hydrogen) atoms. The molecule has 0 aliphatic carbocycles. The minimum atomic E-state index is -4.82. The molecule has 0 aliphatic heterocycles. The highest BCUT2D eigenvalue weighted by molar-refractivity contribution is 7.87. The molecule has 0 rings (SSSR count). The summed E-state index contributed by atoms with van der Waals surface area (Å²) in [6.07, 6.45) is 2.56. The first-order valence-electron chi connectivity index (χ1n) is 7.55. The third-order valence-electron chi connectivity index (χ3n) is 3.63. The number of rotatable bonds is 11. The predicted octanol–water partition coefficient (Wildman–Crippen LogP) is 2.26. The SMILES string of the molecule is CCCCC(CC)C(CC)OC(=O)C(CC(=O)O)S(=O)(=O)O. The molecule has 0 aromatic rings. The van der Waals surface area contributed by atoms with E-state index >= 15 is 0 Å². The highest BCUT2D eigenvalue weighted by Gasteiger charge is 2.37. The van der Waals surface area contributed by atoms with Gasteiger partial charge in [-0.2, -0.15) is 8.42 Å². The van der Waals surface area contributed by atoms with Crippen LogP contribution >= 0.6 is 0 Å². The Labute approximate surface area is 131 Å². The van der Waals surface area contributed by atoms with Crippen LogP contribution in [0.1, 0.15) is 59.3 Å². The summed E-state index contributed by atoms with van der Waals surface area (Å²) in [7, 11) is -4.82. The Kier molecular flexibility index (Phi) is 9.27. The van der Waals surface area contributed by atoms with Crippen molar-refractivity contribution in [3.63, 3.8) is 0 Å². The maximum atomic E-state index is 12.0. The fourth-order valence-electron chi connectivity index (χ4n) is 2.33. The molecule has 0 saturated heterocycles. The Hall–Kier alpha value is -1.15. The lowest BCUT2D eigenvalue weighted by molar-refractivity contribution is -0.154. The fraction of sp³-hybridized carbons (Fsp3) is 0.857. The molecule has 0 fully saturated rings. The molecule has 0 spiro atoms. The lowest BCUT2D eigenvalue weighted by Gasteiger charge is -2.26. The quantitative estimate of drug-likeness (QED) is 0.438. The topological polar surface area (TPSA) is 118 Å². The monoisotopic (exact) mass is 338 g/mol. The van der Waals surface area contributed by atoms with E-state index in [-0.39, 0.29) is 5.92 Å². The van der Waals surface area contributed by atoms with E-state index in [1.807, 2.05) is 20.8 Å². The van der Waals surface area contributed by atoms with Crippen molar-refractivity contribution in [1.29, 1.82) is 0 Å². The zero-order valence-corrected chi connectivity index (χ0v) is 14.1. The van der Waals surface area contributed by atoms with Crippen molar-refractivity contribution in [2.24, 2.45) is 5.92 Å². The van der Waals surface area contributed by atoms with Gasteiger partial charge in [0.2, 0.25) is 0 Å². The third kappa shape index (κ3) is 7.22. The lowest BCUT2D eigenvalue weighted by atomic mass is 9.92. The van der Waals surface area contributed by atoms with Gasteiger partial charge in [0.1, 0.15) is 6.10 Å². The average Bonchev–Trinajstić information content (AvgIpc) is 2.42. The van der Waals surface area contributed by atoms with Crippen molar-refractivity contribution in [1.82, 2.24) is 0 Å². The molecule has 0 amide bonds. The minimum absolute atomic E-state index is 0.0841. The molecule has 7 nitrogen and oxygen atoms in total. The molecule has 8 heteroatoms. The van der Waals surface area contributed by atoms with Crippen molar-refractivity contribution in [3.05, 3.63) is 0 Å². The van der Waals surface area contributed by atoms with Gasteiger partial charge in [0.15, 0.2) is 5.25 Å². The van der Waals surface area contributed by atoms with Gasteiger partial charge in [0, 0.05) is 0 Å². The first-order chi connectivity index (χ1) is 10.2. The minimum Gasteiger partial charge on any atom is -0.481 e. The zero-order valence-electron chi connectivity index (χ0n) is 13.3. The molecule has 0 saturated carbocycles. The third-order valence-corrected chi connectivity index (χ3v) is 4.71. The number of carbonyl (C=O) groups is 2. The Bertz CT molecular complexity index is 458. The van der Waals surface area contributed by atoms with E-state index in [1.165, 1.54) is 0 Å². The molecule has 3 unspecified atom stereocenters. The van der Waals surface area contributed by atoms with E-state index in [0.29, 0.717) is 6.42 Å². The largest absolute Gasteiger partial charge is 0.481 e. The number of ether oxygens (including phenoxy) is 1. The number of unbranched alkanes of at least 4 members (excludes halogenated alkanes) is 1. The van der Waals surface area contributed by atoms with Gasteiger partial charge in [-0.3, -0.25) is 14.1 Å². The number of aliphatic carboxylic acids is 1. The Morgan fingerprint density at radius 3 is 2.09 bits per heavy atom. The molecule has 0 aliphatic rings. The van der Waals surface area contributed by atoms with E-state index in [4.69, 9.17) is 14.4 Å². The van der Waals surface area contributed by atoms with E-state index in [2.05, 4.69) is 0 Å². The molecule has 2 N–H and O–H groups in total. The summed E-state index contributed by atoms with van der Waals surface area (Å²) in [5.74, 6) is -2.61. The van der Waals surface area contributed by atoms with Crippen LogP contribution in [0, 0.1) is 5.92 Å². The van der Waals surface area contributed by atoms with E-state index in [9.17, 15) is 18.0 Å². The summed E-state index contributed by atoms with van der Waals surface area (Å²) in [6, 6.07) is 0. The second-order valence-corrected chi connectivity index (χ2v) is 6.89. The predicted molar refractivity (Wildman–Crippen MR) is 81.1 cm³/mol. The molecular formula is C14H26O7S. The molecule has 0 bridgehead atoms. The summed E-state index contributed by atoms with van der Waals surface area (Å²) in [5, 5.41) is 6.59. The number of esters is 1. The van der Waals surface area contributed by atoms with Crippen LogP contribution in [0.4, 0.5) is 0 Å². The standard InChI is InChI=1S/C14H26O7S/c1-4-7-8-10(5-2)11(6-3)21-14(17)12(9-13(15)16)22(18,19)20/h10-12H,4-9H2,1-3H3,(H,15,16)(H,18,19,20). The fourth-order valence-corrected chi connectivity index (χ4v) is 2.98. The average molecular weight is 338 g/mol. The second kappa shape index (κ2) is 9.78. The number of hydrogen-bond donors (Lipinski definition) is 2. The van der Waals surface area contributed by atoms with Crippen molar-refractivity contribution in [3.8, 4) is 0 Å². The normalized spacial score (nSPS) is 15.8. The number of carbonyl (C=O) groups excluding carboxylic acids is 1. The van der Waals surface area contributed by atoms with Crippen LogP contribution in [0.3, 0.4) is 0 Å². The van der Waals surface area contributed by atoms with E-state index in [1.54, 1.807) is 0 Å². The van der Waals surface area contributed by atoms with E-state index in [0.717, 1.165) is 25.7 Å². The number of carboxylic acid groups (broad SMARTS) is 1. The van der Waals surface area contributed by atoms with Gasteiger partial charge in [-0.15, -0.1) is 0 Å². The van der Waals surface area contributed by atoms with Crippen LogP contribution in [-0.4, -0.2) is 41.4 Å². The summed E-state index contributed by atoms with van der Waals surface area (Å²) in [5.41, 5.74) is 0. The number of carboxylic acids is 1. The van der Waals surface area contributed by atoms with Crippen molar-refractivity contribution < 1.29 is 32.4 Å². The molecule has 130 valence electrons. The highest BCUT2D eigenvalue weighted by atomic mass is 32.2. The second-order valence-electron chi connectivity index (χ2n) is 5.30. The first kappa shape index (κ1) is 20.9. The van der Waals surface area contributed by atoms with Gasteiger partial charge < -0.3 is 9.84 Å². The van der Waals surface area contributed by atoms with Crippen LogP contribution in [0.15, 0.2) is 0 Å². The van der Waals surface area contributed by atoms with Crippen LogP contribution in [0.2, 0.25) is 0 Å². The molecular weight excluding hydrogens is 312 g/mol. The van der Waals surface area contributed by atoms with Crippen molar-refractivity contribution >= 4 is 22.1 Å². The van der Waals surface area contributed by atoms with Gasteiger partial charge in [-0.1, -0.05) is 33.6 Å². The van der Waals surface area contributed by atoms with Gasteiger partial charge >= 0.3 is 11.9 Å². The first-order valence-corrected chi connectivity index (χ1v) is 9.06. The van der Waals surface area contributed by atoms with Gasteiger partial charge in [-0.05, 0) is 25.2 Å². The van der Waals surface area contributed by atoms with Crippen LogP contribution < -0.4 is 0 Å². The number of hydrogen-bond acceptors (Lipinski definition) is 5. The van der Waals surface area contributed by atoms with Crippen molar-refractivity contribution in [2.45, 2.75) is 70.7 Å². The van der Waals surface area contributed by atoms with Gasteiger partial charge in [0.25, 0.3) is 10.1 Å². The Morgan fingerprint density at radius 1 is 1.14 bits per heavy atom. The van der Waals surface area contributed by atoms with E-state index < -0.39 is 39.8 Å². The smallest absolute Gasteiger partial charge is 0.327 e. The lowest BCUT2D eigenvalue weighted by Crippen LogP contribution is -2.38. The van der Waals surface area contributed by atoms with Crippen LogP contribution in [-0.2, 0) is 24.4 Å². The maximum Gasteiger partial charge on any atom is 0.327 e. The Balaban J connectivity index is 5.03. The molecule has 0 radical (unpaired) electrons.